The summed E-state index contributed by atoms with van der Waals surface area (Å²) in [5.74, 6) is 0.763. The molecule has 0 saturated carbocycles. The molecule has 1 aromatic heterocycles. The minimum absolute atomic E-state index is 0.0738. The highest BCUT2D eigenvalue weighted by Crippen LogP contribution is 2.23. The zero-order valence-corrected chi connectivity index (χ0v) is 13.1. The molecule has 0 unspecified atom stereocenters. The number of carbonyl (C=O) groups excluding carboxylic acids is 1. The maximum absolute atomic E-state index is 12.4. The van der Waals surface area contributed by atoms with Crippen LogP contribution in [0.4, 0.5) is 0 Å². The Morgan fingerprint density at radius 1 is 1.43 bits per heavy atom. The van der Waals surface area contributed by atoms with Crippen molar-refractivity contribution in [3.63, 3.8) is 0 Å². The fraction of sp³-hybridized carbons (Fsp3) is 0.438. The van der Waals surface area contributed by atoms with Crippen LogP contribution in [0.15, 0.2) is 24.5 Å². The Bertz CT molecular complexity index is 684. The molecule has 2 aromatic rings. The van der Waals surface area contributed by atoms with Crippen molar-refractivity contribution in [2.45, 2.75) is 26.2 Å². The van der Waals surface area contributed by atoms with Gasteiger partial charge in [0, 0.05) is 32.2 Å². The molecule has 1 aromatic carbocycles. The molecule has 122 valence electrons. The Labute approximate surface area is 134 Å². The Morgan fingerprint density at radius 2 is 2.35 bits per heavy atom. The number of ether oxygens (including phenoxy) is 2. The fourth-order valence-electron chi connectivity index (χ4n) is 2.65. The summed E-state index contributed by atoms with van der Waals surface area (Å²) < 4.78 is 12.4. The lowest BCUT2D eigenvalue weighted by Crippen LogP contribution is -2.27. The molecule has 1 aliphatic rings. The van der Waals surface area contributed by atoms with Crippen LogP contribution < -0.4 is 5.32 Å². The van der Waals surface area contributed by atoms with Crippen LogP contribution in [0.1, 0.15) is 27.3 Å². The molecule has 0 atom stereocenters. The molecule has 3 rings (SSSR count). The predicted molar refractivity (Wildman–Crippen MR) is 82.9 cm³/mol. The van der Waals surface area contributed by atoms with Crippen molar-refractivity contribution in [1.29, 1.82) is 0 Å². The standard InChI is InChI=1S/C16H20N4O3/c1-22-8-7-20-11-18-19-15(20)5-6-17-16(21)13-4-2-3-12-9-23-10-14(12)13/h2-4,11H,5-10H2,1H3,(H,17,21). The van der Waals surface area contributed by atoms with Gasteiger partial charge in [0.1, 0.15) is 12.2 Å². The second-order valence-electron chi connectivity index (χ2n) is 5.38. The van der Waals surface area contributed by atoms with Crippen molar-refractivity contribution in [3.8, 4) is 0 Å². The van der Waals surface area contributed by atoms with Crippen LogP contribution in [-0.4, -0.2) is 40.9 Å². The lowest BCUT2D eigenvalue weighted by molar-refractivity contribution is 0.0948. The smallest absolute Gasteiger partial charge is 0.251 e. The maximum atomic E-state index is 12.4. The number of methoxy groups -OCH3 is 1. The van der Waals surface area contributed by atoms with Crippen molar-refractivity contribution < 1.29 is 14.3 Å². The normalized spacial score (nSPS) is 13.1. The van der Waals surface area contributed by atoms with Crippen LogP contribution in [-0.2, 0) is 35.7 Å². The van der Waals surface area contributed by atoms with Gasteiger partial charge in [0.2, 0.25) is 0 Å². The van der Waals surface area contributed by atoms with Gasteiger partial charge in [-0.25, -0.2) is 0 Å². The molecule has 23 heavy (non-hydrogen) atoms. The van der Waals surface area contributed by atoms with Gasteiger partial charge in [0.05, 0.1) is 19.8 Å². The minimum atomic E-state index is -0.0738. The Hall–Kier alpha value is -2.25. The average molecular weight is 316 g/mol. The van der Waals surface area contributed by atoms with Crippen LogP contribution >= 0.6 is 0 Å². The number of benzene rings is 1. The molecule has 0 spiro atoms. The van der Waals surface area contributed by atoms with Gasteiger partial charge in [0.25, 0.3) is 5.91 Å². The number of hydrogen-bond donors (Lipinski definition) is 1. The molecule has 0 bridgehead atoms. The van der Waals surface area contributed by atoms with Gasteiger partial charge in [-0.15, -0.1) is 10.2 Å². The second kappa shape index (κ2) is 7.34. The fourth-order valence-corrected chi connectivity index (χ4v) is 2.65. The molecular weight excluding hydrogens is 296 g/mol. The molecule has 0 saturated heterocycles. The monoisotopic (exact) mass is 316 g/mol. The number of carbonyl (C=O) groups is 1. The van der Waals surface area contributed by atoms with Gasteiger partial charge < -0.3 is 19.4 Å². The molecule has 1 aliphatic heterocycles. The minimum Gasteiger partial charge on any atom is -0.383 e. The summed E-state index contributed by atoms with van der Waals surface area (Å²) in [5.41, 5.74) is 2.78. The van der Waals surface area contributed by atoms with Crippen molar-refractivity contribution in [2.24, 2.45) is 0 Å². The summed E-state index contributed by atoms with van der Waals surface area (Å²) in [6, 6.07) is 5.73. The largest absolute Gasteiger partial charge is 0.383 e. The number of nitrogens with zero attached hydrogens (tertiary/aromatic N) is 3. The van der Waals surface area contributed by atoms with Gasteiger partial charge in [-0.05, 0) is 17.2 Å². The maximum Gasteiger partial charge on any atom is 0.251 e. The first-order valence-corrected chi connectivity index (χ1v) is 7.62. The van der Waals surface area contributed by atoms with Gasteiger partial charge >= 0.3 is 0 Å². The first-order valence-electron chi connectivity index (χ1n) is 7.62. The summed E-state index contributed by atoms with van der Waals surface area (Å²) in [4.78, 5) is 12.4. The van der Waals surface area contributed by atoms with Gasteiger partial charge in [-0.1, -0.05) is 12.1 Å². The molecule has 1 N–H and O–H groups in total. The number of amides is 1. The van der Waals surface area contributed by atoms with Gasteiger partial charge in [-0.2, -0.15) is 0 Å². The lowest BCUT2D eigenvalue weighted by atomic mass is 10.0. The summed E-state index contributed by atoms with van der Waals surface area (Å²) in [6.45, 7) is 2.90. The van der Waals surface area contributed by atoms with Crippen LogP contribution in [0.3, 0.4) is 0 Å². The number of rotatable bonds is 7. The number of hydrogen-bond acceptors (Lipinski definition) is 5. The van der Waals surface area contributed by atoms with E-state index in [-0.39, 0.29) is 5.91 Å². The van der Waals surface area contributed by atoms with E-state index in [4.69, 9.17) is 9.47 Å². The molecule has 2 heterocycles. The van der Waals surface area contributed by atoms with Crippen LogP contribution in [0.25, 0.3) is 0 Å². The Morgan fingerprint density at radius 3 is 3.22 bits per heavy atom. The first-order chi connectivity index (χ1) is 11.3. The number of aromatic nitrogens is 3. The molecule has 0 aliphatic carbocycles. The summed E-state index contributed by atoms with van der Waals surface area (Å²) in [6.07, 6.45) is 2.30. The van der Waals surface area contributed by atoms with E-state index in [1.54, 1.807) is 13.4 Å². The van der Waals surface area contributed by atoms with Crippen LogP contribution in [0.2, 0.25) is 0 Å². The summed E-state index contributed by atoms with van der Waals surface area (Å²) >= 11 is 0. The topological polar surface area (TPSA) is 78.3 Å². The van der Waals surface area contributed by atoms with E-state index in [2.05, 4.69) is 15.5 Å². The Kier molecular flexibility index (Phi) is 4.99. The number of nitrogens with one attached hydrogen (secondary N) is 1. The molecule has 7 heteroatoms. The van der Waals surface area contributed by atoms with Crippen LogP contribution in [0.5, 0.6) is 0 Å². The second-order valence-corrected chi connectivity index (χ2v) is 5.38. The highest BCUT2D eigenvalue weighted by molar-refractivity contribution is 5.96. The molecular formula is C16H20N4O3. The Balaban J connectivity index is 1.56. The van der Waals surface area contributed by atoms with Crippen molar-refractivity contribution in [3.05, 3.63) is 47.0 Å². The average Bonchev–Trinajstić information content (AvgIpc) is 3.21. The third-order valence-corrected chi connectivity index (χ3v) is 3.89. The van der Waals surface area contributed by atoms with Gasteiger partial charge in [0.15, 0.2) is 0 Å². The van der Waals surface area contributed by atoms with E-state index < -0.39 is 0 Å². The van der Waals surface area contributed by atoms with E-state index in [0.29, 0.717) is 44.9 Å². The predicted octanol–water partition coefficient (Wildman–Crippen LogP) is 0.927. The highest BCUT2D eigenvalue weighted by Gasteiger charge is 2.19. The third-order valence-electron chi connectivity index (χ3n) is 3.89. The summed E-state index contributed by atoms with van der Waals surface area (Å²) in [7, 11) is 1.66. The zero-order chi connectivity index (χ0) is 16.1. The van der Waals surface area contributed by atoms with Gasteiger partial charge in [-0.3, -0.25) is 4.79 Å². The molecule has 7 nitrogen and oxygen atoms in total. The SMILES string of the molecule is COCCn1cnnc1CCNC(=O)c1cccc2c1COC2. The molecule has 0 radical (unpaired) electrons. The first kappa shape index (κ1) is 15.6. The van der Waals surface area contributed by atoms with Crippen molar-refractivity contribution in [2.75, 3.05) is 20.3 Å². The van der Waals surface area contributed by atoms with E-state index in [1.165, 1.54) is 0 Å². The van der Waals surface area contributed by atoms with Crippen molar-refractivity contribution in [1.82, 2.24) is 20.1 Å². The number of fused-ring (bicyclic) bond motifs is 1. The van der Waals surface area contributed by atoms with E-state index in [0.717, 1.165) is 17.0 Å². The molecule has 1 amide bonds. The van der Waals surface area contributed by atoms with E-state index in [1.807, 2.05) is 22.8 Å². The van der Waals surface area contributed by atoms with E-state index >= 15 is 0 Å². The zero-order valence-electron chi connectivity index (χ0n) is 13.1. The quantitative estimate of drug-likeness (QED) is 0.822. The van der Waals surface area contributed by atoms with E-state index in [9.17, 15) is 4.79 Å². The lowest BCUT2D eigenvalue weighted by Gasteiger charge is -2.09. The van der Waals surface area contributed by atoms with Crippen molar-refractivity contribution >= 4 is 5.91 Å². The van der Waals surface area contributed by atoms with Crippen LogP contribution in [0, 0.1) is 0 Å². The highest BCUT2D eigenvalue weighted by atomic mass is 16.5. The molecule has 0 fully saturated rings. The summed E-state index contributed by atoms with van der Waals surface area (Å²) in [5, 5.41) is 10.9. The third kappa shape index (κ3) is 3.57.